The molecular formula is C20H20N4O. The second-order valence-electron chi connectivity index (χ2n) is 7.49. The van der Waals surface area contributed by atoms with Crippen molar-refractivity contribution < 1.29 is 4.79 Å². The van der Waals surface area contributed by atoms with Crippen LogP contribution in [0.3, 0.4) is 0 Å². The maximum Gasteiger partial charge on any atom is 0.171 e. The predicted molar refractivity (Wildman–Crippen MR) is 99.7 cm³/mol. The van der Waals surface area contributed by atoms with Crippen LogP contribution in [-0.2, 0) is 0 Å². The van der Waals surface area contributed by atoms with Crippen molar-refractivity contribution >= 4 is 27.9 Å². The Hall–Kier alpha value is -2.95. The van der Waals surface area contributed by atoms with Gasteiger partial charge in [-0.1, -0.05) is 32.4 Å². The highest BCUT2D eigenvalue weighted by Gasteiger charge is 2.26. The molecule has 2 N–H and O–H groups in total. The molecule has 5 heteroatoms. The van der Waals surface area contributed by atoms with Crippen LogP contribution < -0.4 is 0 Å². The first kappa shape index (κ1) is 15.6. The number of rotatable bonds is 2. The van der Waals surface area contributed by atoms with Gasteiger partial charge in [-0.05, 0) is 19.1 Å². The third-order valence-corrected chi connectivity index (χ3v) is 4.42. The van der Waals surface area contributed by atoms with Crippen molar-refractivity contribution in [3.05, 3.63) is 47.9 Å². The molecule has 5 nitrogen and oxygen atoms in total. The number of ketones is 1. The Balaban J connectivity index is 1.91. The Morgan fingerprint density at radius 1 is 1.12 bits per heavy atom. The zero-order chi connectivity index (χ0) is 17.8. The number of aromatic amines is 2. The van der Waals surface area contributed by atoms with E-state index in [1.165, 1.54) is 5.56 Å². The second kappa shape index (κ2) is 5.28. The lowest BCUT2D eigenvalue weighted by molar-refractivity contribution is 0.0860. The zero-order valence-corrected chi connectivity index (χ0v) is 14.8. The number of aryl methyl sites for hydroxylation is 1. The SMILES string of the molecule is Cc1ccc2[nH]cc(-c3cnc4[nH]cc(C(=O)C(C)(C)C)c4n3)c2c1. The summed E-state index contributed by atoms with van der Waals surface area (Å²) in [5, 5.41) is 1.10. The van der Waals surface area contributed by atoms with Gasteiger partial charge < -0.3 is 9.97 Å². The van der Waals surface area contributed by atoms with Gasteiger partial charge in [0.05, 0.1) is 17.5 Å². The summed E-state index contributed by atoms with van der Waals surface area (Å²) < 4.78 is 0. The van der Waals surface area contributed by atoms with Crippen LogP contribution in [0.4, 0.5) is 0 Å². The average Bonchev–Trinajstić information content (AvgIpc) is 3.16. The van der Waals surface area contributed by atoms with Crippen molar-refractivity contribution in [1.82, 2.24) is 19.9 Å². The summed E-state index contributed by atoms with van der Waals surface area (Å²) >= 11 is 0. The van der Waals surface area contributed by atoms with Gasteiger partial charge in [0.15, 0.2) is 11.4 Å². The molecule has 0 atom stereocenters. The van der Waals surface area contributed by atoms with E-state index in [-0.39, 0.29) is 5.78 Å². The first-order chi connectivity index (χ1) is 11.8. The molecule has 0 aliphatic rings. The van der Waals surface area contributed by atoms with Crippen LogP contribution in [0.1, 0.15) is 36.7 Å². The maximum atomic E-state index is 12.7. The molecule has 0 amide bonds. The number of fused-ring (bicyclic) bond motifs is 2. The molecule has 4 rings (SSSR count). The second-order valence-corrected chi connectivity index (χ2v) is 7.49. The third kappa shape index (κ3) is 2.52. The van der Waals surface area contributed by atoms with Gasteiger partial charge in [-0.3, -0.25) is 4.79 Å². The molecule has 0 aliphatic carbocycles. The monoisotopic (exact) mass is 332 g/mol. The molecule has 0 saturated carbocycles. The molecule has 0 saturated heterocycles. The average molecular weight is 332 g/mol. The van der Waals surface area contributed by atoms with Crippen molar-refractivity contribution in [2.24, 2.45) is 5.41 Å². The highest BCUT2D eigenvalue weighted by Crippen LogP contribution is 2.30. The van der Waals surface area contributed by atoms with Gasteiger partial charge in [0.2, 0.25) is 0 Å². The van der Waals surface area contributed by atoms with Crippen molar-refractivity contribution in [3.63, 3.8) is 0 Å². The topological polar surface area (TPSA) is 74.4 Å². The van der Waals surface area contributed by atoms with Gasteiger partial charge in [-0.25, -0.2) is 9.97 Å². The van der Waals surface area contributed by atoms with Crippen molar-refractivity contribution in [2.45, 2.75) is 27.7 Å². The molecular weight excluding hydrogens is 312 g/mol. The first-order valence-electron chi connectivity index (χ1n) is 8.31. The Kier molecular flexibility index (Phi) is 3.29. The maximum absolute atomic E-state index is 12.7. The van der Waals surface area contributed by atoms with Crippen molar-refractivity contribution in [2.75, 3.05) is 0 Å². The summed E-state index contributed by atoms with van der Waals surface area (Å²) in [4.78, 5) is 28.3. The minimum atomic E-state index is -0.468. The lowest BCUT2D eigenvalue weighted by atomic mass is 9.87. The Labute approximate surface area is 145 Å². The van der Waals surface area contributed by atoms with Gasteiger partial charge in [0, 0.05) is 34.3 Å². The number of nitrogens with zero attached hydrogens (tertiary/aromatic N) is 2. The van der Waals surface area contributed by atoms with Gasteiger partial charge in [-0.15, -0.1) is 0 Å². The molecule has 3 heterocycles. The number of hydrogen-bond acceptors (Lipinski definition) is 3. The molecule has 0 fully saturated rings. The van der Waals surface area contributed by atoms with Crippen LogP contribution in [-0.4, -0.2) is 25.7 Å². The number of Topliss-reactive ketones (excluding diaryl/α,β-unsaturated/α-hetero) is 1. The van der Waals surface area contributed by atoms with E-state index in [0.717, 1.165) is 22.2 Å². The van der Waals surface area contributed by atoms with Crippen molar-refractivity contribution in [3.8, 4) is 11.3 Å². The van der Waals surface area contributed by atoms with Gasteiger partial charge in [0.1, 0.15) is 5.52 Å². The highest BCUT2D eigenvalue weighted by molar-refractivity contribution is 6.08. The van der Waals surface area contributed by atoms with Crippen LogP contribution in [0.15, 0.2) is 36.8 Å². The van der Waals surface area contributed by atoms with E-state index in [1.54, 1.807) is 12.4 Å². The van der Waals surface area contributed by atoms with Crippen LogP contribution in [0.2, 0.25) is 0 Å². The fourth-order valence-electron chi connectivity index (χ4n) is 3.04. The molecule has 126 valence electrons. The smallest absolute Gasteiger partial charge is 0.171 e. The number of hydrogen-bond donors (Lipinski definition) is 2. The molecule has 1 aromatic carbocycles. The summed E-state index contributed by atoms with van der Waals surface area (Å²) in [6, 6.07) is 6.26. The summed E-state index contributed by atoms with van der Waals surface area (Å²) in [7, 11) is 0. The molecule has 4 aromatic rings. The standard InChI is InChI=1S/C20H20N4O/c1-11-5-6-15-12(7-11)13(8-21-15)16-10-23-19-17(24-16)14(9-22-19)18(25)20(2,3)4/h5-10,21H,1-4H3,(H,22,23). The van der Waals surface area contributed by atoms with Gasteiger partial charge in [-0.2, -0.15) is 0 Å². The molecule has 0 bridgehead atoms. The highest BCUT2D eigenvalue weighted by atomic mass is 16.1. The fourth-order valence-corrected chi connectivity index (χ4v) is 3.04. The van der Waals surface area contributed by atoms with E-state index in [2.05, 4.69) is 40.1 Å². The number of nitrogens with one attached hydrogen (secondary N) is 2. The Morgan fingerprint density at radius 2 is 1.92 bits per heavy atom. The summed E-state index contributed by atoms with van der Waals surface area (Å²) in [5.74, 6) is 0.0555. The lowest BCUT2D eigenvalue weighted by Gasteiger charge is -2.15. The summed E-state index contributed by atoms with van der Waals surface area (Å²) in [6.07, 6.45) is 5.40. The molecule has 0 spiro atoms. The minimum absolute atomic E-state index is 0.0555. The molecule has 0 radical (unpaired) electrons. The minimum Gasteiger partial charge on any atom is -0.360 e. The summed E-state index contributed by atoms with van der Waals surface area (Å²) in [5.41, 5.74) is 5.37. The number of carbonyl (C=O) groups is 1. The number of aromatic nitrogens is 4. The van der Waals surface area contributed by atoms with E-state index in [4.69, 9.17) is 4.98 Å². The molecule has 3 aromatic heterocycles. The van der Waals surface area contributed by atoms with E-state index in [0.29, 0.717) is 16.7 Å². The first-order valence-corrected chi connectivity index (χ1v) is 8.31. The van der Waals surface area contributed by atoms with Crippen molar-refractivity contribution in [1.29, 1.82) is 0 Å². The third-order valence-electron chi connectivity index (χ3n) is 4.42. The van der Waals surface area contributed by atoms with E-state index in [1.807, 2.05) is 27.0 Å². The lowest BCUT2D eigenvalue weighted by Crippen LogP contribution is -2.20. The molecule has 0 unspecified atom stereocenters. The quantitative estimate of drug-likeness (QED) is 0.525. The number of H-pyrrole nitrogens is 2. The van der Waals surface area contributed by atoms with Crippen LogP contribution in [0.5, 0.6) is 0 Å². The zero-order valence-electron chi connectivity index (χ0n) is 14.8. The largest absolute Gasteiger partial charge is 0.360 e. The van der Waals surface area contributed by atoms with Crippen LogP contribution >= 0.6 is 0 Å². The normalized spacial score (nSPS) is 12.2. The fraction of sp³-hybridized carbons (Fsp3) is 0.250. The summed E-state index contributed by atoms with van der Waals surface area (Å²) in [6.45, 7) is 7.80. The molecule has 0 aliphatic heterocycles. The number of carbonyl (C=O) groups excluding carboxylic acids is 1. The van der Waals surface area contributed by atoms with Gasteiger partial charge in [0.25, 0.3) is 0 Å². The Morgan fingerprint density at radius 3 is 2.68 bits per heavy atom. The van der Waals surface area contributed by atoms with Gasteiger partial charge >= 0.3 is 0 Å². The Bertz CT molecular complexity index is 1110. The number of benzene rings is 1. The van der Waals surface area contributed by atoms with Crippen LogP contribution in [0, 0.1) is 12.3 Å². The van der Waals surface area contributed by atoms with E-state index in [9.17, 15) is 4.79 Å². The van der Waals surface area contributed by atoms with E-state index < -0.39 is 5.41 Å². The molecule has 25 heavy (non-hydrogen) atoms. The van der Waals surface area contributed by atoms with E-state index >= 15 is 0 Å². The predicted octanol–water partition coefficient (Wildman–Crippen LogP) is 4.64. The van der Waals surface area contributed by atoms with Crippen LogP contribution in [0.25, 0.3) is 33.3 Å².